The first kappa shape index (κ1) is 15.5. The highest BCUT2D eigenvalue weighted by Crippen LogP contribution is 2.21. The monoisotopic (exact) mass is 284 g/mol. The number of nitrogens with one attached hydrogen (secondary N) is 1. The summed E-state index contributed by atoms with van der Waals surface area (Å²) < 4.78 is 5.73. The van der Waals surface area contributed by atoms with Gasteiger partial charge in [-0.2, -0.15) is 0 Å². The molecule has 0 aliphatic rings. The van der Waals surface area contributed by atoms with Crippen molar-refractivity contribution in [3.05, 3.63) is 54.6 Å². The summed E-state index contributed by atoms with van der Waals surface area (Å²) >= 11 is 0. The van der Waals surface area contributed by atoms with Gasteiger partial charge in [0.05, 0.1) is 0 Å². The van der Waals surface area contributed by atoms with Crippen LogP contribution >= 0.6 is 0 Å². The molecule has 0 fully saturated rings. The third-order valence-corrected chi connectivity index (χ3v) is 3.24. The van der Waals surface area contributed by atoms with Gasteiger partial charge in [-0.1, -0.05) is 42.5 Å². The Bertz CT molecular complexity index is 509. The Labute approximate surface area is 127 Å². The van der Waals surface area contributed by atoms with E-state index < -0.39 is 0 Å². The zero-order valence-electron chi connectivity index (χ0n) is 12.9. The molecule has 0 amide bonds. The lowest BCUT2D eigenvalue weighted by Crippen LogP contribution is -2.29. The van der Waals surface area contributed by atoms with Crippen LogP contribution in [0.4, 0.5) is 0 Å². The molecule has 2 aromatic rings. The molecule has 2 rings (SSSR count). The van der Waals surface area contributed by atoms with Crippen molar-refractivity contribution in [2.75, 3.05) is 40.3 Å². The molecule has 0 aromatic heterocycles. The predicted molar refractivity (Wildman–Crippen MR) is 88.8 cm³/mol. The van der Waals surface area contributed by atoms with Crippen molar-refractivity contribution in [3.8, 4) is 16.9 Å². The van der Waals surface area contributed by atoms with Gasteiger partial charge in [0.25, 0.3) is 0 Å². The Kier molecular flexibility index (Phi) is 6.25. The summed E-state index contributed by atoms with van der Waals surface area (Å²) in [4.78, 5) is 2.16. The first-order valence-corrected chi connectivity index (χ1v) is 7.39. The fourth-order valence-corrected chi connectivity index (χ4v) is 2.04. The lowest BCUT2D eigenvalue weighted by atomic mass is 10.1. The zero-order chi connectivity index (χ0) is 14.9. The second kappa shape index (κ2) is 8.45. The maximum Gasteiger partial charge on any atom is 0.119 e. The highest BCUT2D eigenvalue weighted by Gasteiger charge is 1.98. The van der Waals surface area contributed by atoms with Crippen LogP contribution in [0.5, 0.6) is 5.75 Å². The van der Waals surface area contributed by atoms with E-state index in [0.29, 0.717) is 6.61 Å². The van der Waals surface area contributed by atoms with Crippen LogP contribution in [0.2, 0.25) is 0 Å². The molecule has 0 aliphatic carbocycles. The minimum absolute atomic E-state index is 0.693. The van der Waals surface area contributed by atoms with Gasteiger partial charge in [-0.3, -0.25) is 0 Å². The summed E-state index contributed by atoms with van der Waals surface area (Å²) in [5.41, 5.74) is 2.45. The average molecular weight is 284 g/mol. The standard InChI is InChI=1S/C18H24N2O/c1-20(2)14-12-19-13-15-21-18-10-8-17(9-11-18)16-6-4-3-5-7-16/h3-11,19H,12-15H2,1-2H3. The van der Waals surface area contributed by atoms with Crippen molar-refractivity contribution in [1.82, 2.24) is 10.2 Å². The fraction of sp³-hybridized carbons (Fsp3) is 0.333. The molecule has 1 N–H and O–H groups in total. The van der Waals surface area contributed by atoms with Gasteiger partial charge in [0.1, 0.15) is 12.4 Å². The van der Waals surface area contributed by atoms with Gasteiger partial charge in [0, 0.05) is 19.6 Å². The Morgan fingerprint density at radius 3 is 2.19 bits per heavy atom. The van der Waals surface area contributed by atoms with E-state index in [2.05, 4.69) is 60.7 Å². The van der Waals surface area contributed by atoms with E-state index in [9.17, 15) is 0 Å². The summed E-state index contributed by atoms with van der Waals surface area (Å²) in [6.07, 6.45) is 0. The van der Waals surface area contributed by atoms with Crippen molar-refractivity contribution in [2.24, 2.45) is 0 Å². The molecule has 0 aliphatic heterocycles. The number of benzene rings is 2. The molecule has 112 valence electrons. The summed E-state index contributed by atoms with van der Waals surface area (Å²) in [6, 6.07) is 18.6. The Morgan fingerprint density at radius 1 is 0.857 bits per heavy atom. The van der Waals surface area contributed by atoms with Gasteiger partial charge in [0.2, 0.25) is 0 Å². The van der Waals surface area contributed by atoms with Crippen LogP contribution < -0.4 is 10.1 Å². The molecule has 0 radical (unpaired) electrons. The van der Waals surface area contributed by atoms with Crippen LogP contribution in [0, 0.1) is 0 Å². The van der Waals surface area contributed by atoms with Gasteiger partial charge in [-0.15, -0.1) is 0 Å². The molecule has 3 nitrogen and oxygen atoms in total. The van der Waals surface area contributed by atoms with E-state index in [-0.39, 0.29) is 0 Å². The molecular formula is C18H24N2O. The predicted octanol–water partition coefficient (Wildman–Crippen LogP) is 2.88. The molecule has 0 saturated carbocycles. The van der Waals surface area contributed by atoms with E-state index >= 15 is 0 Å². The van der Waals surface area contributed by atoms with E-state index in [0.717, 1.165) is 25.4 Å². The number of hydrogen-bond donors (Lipinski definition) is 1. The Morgan fingerprint density at radius 2 is 1.52 bits per heavy atom. The first-order valence-electron chi connectivity index (χ1n) is 7.39. The van der Waals surface area contributed by atoms with Gasteiger partial charge >= 0.3 is 0 Å². The maximum absolute atomic E-state index is 5.73. The number of rotatable bonds is 8. The van der Waals surface area contributed by atoms with Gasteiger partial charge < -0.3 is 15.0 Å². The molecule has 0 atom stereocenters. The molecule has 0 spiro atoms. The van der Waals surface area contributed by atoms with Crippen molar-refractivity contribution >= 4 is 0 Å². The van der Waals surface area contributed by atoms with Gasteiger partial charge in [-0.25, -0.2) is 0 Å². The van der Waals surface area contributed by atoms with Crippen LogP contribution in [0.1, 0.15) is 0 Å². The molecule has 0 heterocycles. The third-order valence-electron chi connectivity index (χ3n) is 3.24. The zero-order valence-corrected chi connectivity index (χ0v) is 12.9. The number of hydrogen-bond acceptors (Lipinski definition) is 3. The van der Waals surface area contributed by atoms with Gasteiger partial charge in [0.15, 0.2) is 0 Å². The van der Waals surface area contributed by atoms with Gasteiger partial charge in [-0.05, 0) is 37.4 Å². The summed E-state index contributed by atoms with van der Waals surface area (Å²) in [5, 5.41) is 3.36. The van der Waals surface area contributed by atoms with Crippen LogP contribution in [-0.2, 0) is 0 Å². The van der Waals surface area contributed by atoms with E-state index in [1.54, 1.807) is 0 Å². The van der Waals surface area contributed by atoms with Crippen LogP contribution in [0.15, 0.2) is 54.6 Å². The average Bonchev–Trinajstić information content (AvgIpc) is 2.52. The largest absolute Gasteiger partial charge is 0.492 e. The number of likely N-dealkylation sites (N-methyl/N-ethyl adjacent to an activating group) is 1. The normalized spacial score (nSPS) is 10.8. The summed E-state index contributed by atoms with van der Waals surface area (Å²) in [6.45, 7) is 3.60. The Balaban J connectivity index is 1.73. The lowest BCUT2D eigenvalue weighted by Gasteiger charge is -2.11. The van der Waals surface area contributed by atoms with E-state index in [1.165, 1.54) is 11.1 Å². The lowest BCUT2D eigenvalue weighted by molar-refractivity contribution is 0.308. The second-order valence-corrected chi connectivity index (χ2v) is 5.29. The van der Waals surface area contributed by atoms with E-state index in [4.69, 9.17) is 4.74 Å². The van der Waals surface area contributed by atoms with Crippen LogP contribution in [0.3, 0.4) is 0 Å². The maximum atomic E-state index is 5.73. The summed E-state index contributed by atoms with van der Waals surface area (Å²) in [7, 11) is 4.15. The molecule has 3 heteroatoms. The van der Waals surface area contributed by atoms with Crippen molar-refractivity contribution in [2.45, 2.75) is 0 Å². The topological polar surface area (TPSA) is 24.5 Å². The molecule has 0 unspecified atom stereocenters. The summed E-state index contributed by atoms with van der Waals surface area (Å²) in [5.74, 6) is 0.920. The quantitative estimate of drug-likeness (QED) is 0.754. The smallest absolute Gasteiger partial charge is 0.119 e. The van der Waals surface area contributed by atoms with Crippen molar-refractivity contribution in [1.29, 1.82) is 0 Å². The van der Waals surface area contributed by atoms with Crippen LogP contribution in [0.25, 0.3) is 11.1 Å². The first-order chi connectivity index (χ1) is 10.3. The molecule has 21 heavy (non-hydrogen) atoms. The third kappa shape index (κ3) is 5.58. The fourth-order valence-electron chi connectivity index (χ4n) is 2.04. The molecule has 0 saturated heterocycles. The molecule has 0 bridgehead atoms. The molecule has 2 aromatic carbocycles. The SMILES string of the molecule is CN(C)CCNCCOc1ccc(-c2ccccc2)cc1. The van der Waals surface area contributed by atoms with Crippen LogP contribution in [-0.4, -0.2) is 45.2 Å². The minimum Gasteiger partial charge on any atom is -0.492 e. The highest BCUT2D eigenvalue weighted by atomic mass is 16.5. The highest BCUT2D eigenvalue weighted by molar-refractivity contribution is 5.63. The molecular weight excluding hydrogens is 260 g/mol. The van der Waals surface area contributed by atoms with Crippen molar-refractivity contribution in [3.63, 3.8) is 0 Å². The van der Waals surface area contributed by atoms with E-state index in [1.807, 2.05) is 18.2 Å². The van der Waals surface area contributed by atoms with Crippen molar-refractivity contribution < 1.29 is 4.74 Å². The second-order valence-electron chi connectivity index (χ2n) is 5.29. The number of ether oxygens (including phenoxy) is 1. The Hall–Kier alpha value is -1.84. The minimum atomic E-state index is 0.693. The number of nitrogens with zero attached hydrogens (tertiary/aromatic N) is 1.